The van der Waals surface area contributed by atoms with Crippen molar-refractivity contribution in [1.82, 2.24) is 20.4 Å². The standard InChI is InChI=1S/C14H17N7O2/c15-11-12(19-20-14(22)10-2-1-3-16-8-10)17-9-18-13(11)21-4-6-23-7-5-21/h1-3,8-9H,4-7,15H2,(H,20,22)(H,17,18,19). The molecule has 1 aliphatic heterocycles. The molecule has 1 saturated heterocycles. The average Bonchev–Trinajstić information content (AvgIpc) is 2.62. The molecule has 0 aliphatic carbocycles. The molecular formula is C14H17N7O2. The Kier molecular flexibility index (Phi) is 4.48. The van der Waals surface area contributed by atoms with Gasteiger partial charge in [-0.3, -0.25) is 20.6 Å². The predicted molar refractivity (Wildman–Crippen MR) is 84.8 cm³/mol. The molecule has 0 saturated carbocycles. The number of carbonyl (C=O) groups excluding carboxylic acids is 1. The van der Waals surface area contributed by atoms with Crippen LogP contribution in [0, 0.1) is 0 Å². The van der Waals surface area contributed by atoms with Crippen LogP contribution in [-0.4, -0.2) is 47.2 Å². The Morgan fingerprint density at radius 3 is 2.87 bits per heavy atom. The van der Waals surface area contributed by atoms with Gasteiger partial charge < -0.3 is 15.4 Å². The molecule has 9 heteroatoms. The number of rotatable bonds is 4. The quantitative estimate of drug-likeness (QED) is 0.677. The van der Waals surface area contributed by atoms with Crippen molar-refractivity contribution in [2.75, 3.05) is 42.4 Å². The summed E-state index contributed by atoms with van der Waals surface area (Å²) in [5.41, 5.74) is 12.2. The van der Waals surface area contributed by atoms with Crippen molar-refractivity contribution in [3.05, 3.63) is 36.4 Å². The molecule has 1 amide bonds. The number of nitrogen functional groups attached to an aromatic ring is 1. The lowest BCUT2D eigenvalue weighted by molar-refractivity contribution is 0.0962. The van der Waals surface area contributed by atoms with Gasteiger partial charge in [-0.2, -0.15) is 0 Å². The molecule has 2 aromatic heterocycles. The number of ether oxygens (including phenoxy) is 1. The second kappa shape index (κ2) is 6.88. The lowest BCUT2D eigenvalue weighted by atomic mass is 10.3. The topological polar surface area (TPSA) is 118 Å². The molecule has 2 aromatic rings. The van der Waals surface area contributed by atoms with Crippen molar-refractivity contribution in [1.29, 1.82) is 0 Å². The van der Waals surface area contributed by atoms with E-state index in [0.717, 1.165) is 0 Å². The number of nitrogens with one attached hydrogen (secondary N) is 2. The first-order valence-electron chi connectivity index (χ1n) is 7.15. The third-order valence-corrected chi connectivity index (χ3v) is 3.39. The summed E-state index contributed by atoms with van der Waals surface area (Å²) in [5, 5.41) is 0. The highest BCUT2D eigenvalue weighted by atomic mass is 16.5. The maximum Gasteiger partial charge on any atom is 0.271 e. The number of hydrogen-bond donors (Lipinski definition) is 3. The van der Waals surface area contributed by atoms with Gasteiger partial charge in [0.1, 0.15) is 12.0 Å². The van der Waals surface area contributed by atoms with Crippen LogP contribution in [0.4, 0.5) is 17.3 Å². The first-order chi connectivity index (χ1) is 11.3. The van der Waals surface area contributed by atoms with Crippen molar-refractivity contribution in [2.45, 2.75) is 0 Å². The molecule has 0 aromatic carbocycles. The van der Waals surface area contributed by atoms with E-state index >= 15 is 0 Å². The van der Waals surface area contributed by atoms with Crippen molar-refractivity contribution in [3.63, 3.8) is 0 Å². The number of morpholine rings is 1. The van der Waals surface area contributed by atoms with Crippen molar-refractivity contribution in [2.24, 2.45) is 0 Å². The first kappa shape index (κ1) is 15.0. The predicted octanol–water partition coefficient (Wildman–Crippen LogP) is 0.0473. The Morgan fingerprint density at radius 2 is 2.13 bits per heavy atom. The molecule has 1 aliphatic rings. The smallest absolute Gasteiger partial charge is 0.271 e. The summed E-state index contributed by atoms with van der Waals surface area (Å²) in [5.74, 6) is 0.643. The maximum atomic E-state index is 12.0. The van der Waals surface area contributed by atoms with E-state index < -0.39 is 0 Å². The molecule has 0 bridgehead atoms. The highest BCUT2D eigenvalue weighted by Crippen LogP contribution is 2.26. The van der Waals surface area contributed by atoms with Gasteiger partial charge in [-0.25, -0.2) is 9.97 Å². The van der Waals surface area contributed by atoms with Crippen LogP contribution in [-0.2, 0) is 4.74 Å². The average molecular weight is 315 g/mol. The molecule has 0 unspecified atom stereocenters. The zero-order chi connectivity index (χ0) is 16.1. The van der Waals surface area contributed by atoms with Crippen LogP contribution in [0.2, 0.25) is 0 Å². The summed E-state index contributed by atoms with van der Waals surface area (Å²) in [6.45, 7) is 2.68. The summed E-state index contributed by atoms with van der Waals surface area (Å²) in [4.78, 5) is 26.2. The minimum absolute atomic E-state index is 0.330. The third-order valence-electron chi connectivity index (χ3n) is 3.39. The Morgan fingerprint density at radius 1 is 1.30 bits per heavy atom. The fourth-order valence-corrected chi connectivity index (χ4v) is 2.20. The van der Waals surface area contributed by atoms with Crippen LogP contribution in [0.3, 0.4) is 0 Å². The SMILES string of the molecule is Nc1c(NNC(=O)c2cccnc2)ncnc1N1CCOCC1. The third kappa shape index (κ3) is 3.46. The summed E-state index contributed by atoms with van der Waals surface area (Å²) in [6.07, 6.45) is 4.47. The van der Waals surface area contributed by atoms with Gasteiger partial charge in [-0.05, 0) is 12.1 Å². The van der Waals surface area contributed by atoms with Crippen LogP contribution in [0.25, 0.3) is 0 Å². The number of amides is 1. The molecule has 4 N–H and O–H groups in total. The van der Waals surface area contributed by atoms with Crippen molar-refractivity contribution >= 4 is 23.2 Å². The van der Waals surface area contributed by atoms with E-state index in [1.807, 2.05) is 4.90 Å². The van der Waals surface area contributed by atoms with Gasteiger partial charge in [-0.1, -0.05) is 0 Å². The normalized spacial score (nSPS) is 14.3. The fourth-order valence-electron chi connectivity index (χ4n) is 2.20. The van der Waals surface area contributed by atoms with E-state index in [4.69, 9.17) is 10.5 Å². The number of anilines is 3. The first-order valence-corrected chi connectivity index (χ1v) is 7.15. The van der Waals surface area contributed by atoms with Crippen LogP contribution >= 0.6 is 0 Å². The largest absolute Gasteiger partial charge is 0.393 e. The molecule has 0 spiro atoms. The minimum Gasteiger partial charge on any atom is -0.393 e. The Hall–Kier alpha value is -2.94. The number of aromatic nitrogens is 3. The summed E-state index contributed by atoms with van der Waals surface area (Å²) in [6, 6.07) is 3.34. The van der Waals surface area contributed by atoms with Crippen LogP contribution in [0.1, 0.15) is 10.4 Å². The molecule has 120 valence electrons. The van der Waals surface area contributed by atoms with E-state index in [-0.39, 0.29) is 5.91 Å². The lowest BCUT2D eigenvalue weighted by Crippen LogP contribution is -2.37. The van der Waals surface area contributed by atoms with Gasteiger partial charge in [0, 0.05) is 25.5 Å². The highest BCUT2D eigenvalue weighted by molar-refractivity contribution is 5.94. The summed E-state index contributed by atoms with van der Waals surface area (Å²) < 4.78 is 5.31. The number of pyridine rings is 1. The van der Waals surface area contributed by atoms with E-state index in [1.54, 1.807) is 18.3 Å². The Bertz CT molecular complexity index is 674. The molecule has 0 radical (unpaired) electrons. The van der Waals surface area contributed by atoms with Gasteiger partial charge in [-0.15, -0.1) is 0 Å². The number of hydrazine groups is 1. The van der Waals surface area contributed by atoms with E-state index in [1.165, 1.54) is 12.5 Å². The second-order valence-electron chi connectivity index (χ2n) is 4.88. The number of nitrogens with zero attached hydrogens (tertiary/aromatic N) is 4. The van der Waals surface area contributed by atoms with Crippen molar-refractivity contribution < 1.29 is 9.53 Å². The zero-order valence-corrected chi connectivity index (χ0v) is 12.4. The Balaban J connectivity index is 1.69. The molecule has 23 heavy (non-hydrogen) atoms. The van der Waals surface area contributed by atoms with Gasteiger partial charge in [0.2, 0.25) is 0 Å². The second-order valence-corrected chi connectivity index (χ2v) is 4.88. The monoisotopic (exact) mass is 315 g/mol. The summed E-state index contributed by atoms with van der Waals surface area (Å²) >= 11 is 0. The number of nitrogens with two attached hydrogens (primary N) is 1. The molecule has 0 atom stereocenters. The maximum absolute atomic E-state index is 12.0. The molecule has 9 nitrogen and oxygen atoms in total. The van der Waals surface area contributed by atoms with E-state index in [2.05, 4.69) is 25.8 Å². The fraction of sp³-hybridized carbons (Fsp3) is 0.286. The van der Waals surface area contributed by atoms with Gasteiger partial charge >= 0.3 is 0 Å². The zero-order valence-electron chi connectivity index (χ0n) is 12.4. The van der Waals surface area contributed by atoms with Gasteiger partial charge in [0.15, 0.2) is 11.6 Å². The van der Waals surface area contributed by atoms with Gasteiger partial charge in [0.05, 0.1) is 18.8 Å². The van der Waals surface area contributed by atoms with Crippen molar-refractivity contribution in [3.8, 4) is 0 Å². The van der Waals surface area contributed by atoms with E-state index in [0.29, 0.717) is 49.2 Å². The number of carbonyl (C=O) groups is 1. The molecule has 3 rings (SSSR count). The van der Waals surface area contributed by atoms with Gasteiger partial charge in [0.25, 0.3) is 5.91 Å². The number of hydrogen-bond acceptors (Lipinski definition) is 8. The molecular weight excluding hydrogens is 298 g/mol. The van der Waals surface area contributed by atoms with E-state index in [9.17, 15) is 4.79 Å². The molecule has 3 heterocycles. The minimum atomic E-state index is -0.330. The van der Waals surface area contributed by atoms with Crippen LogP contribution in [0.15, 0.2) is 30.9 Å². The Labute approximate surface area is 132 Å². The summed E-state index contributed by atoms with van der Waals surface area (Å²) in [7, 11) is 0. The van der Waals surface area contributed by atoms with Crippen LogP contribution in [0.5, 0.6) is 0 Å². The van der Waals surface area contributed by atoms with Crippen LogP contribution < -0.4 is 21.5 Å². The lowest BCUT2D eigenvalue weighted by Gasteiger charge is -2.28. The highest BCUT2D eigenvalue weighted by Gasteiger charge is 2.18. The molecule has 1 fully saturated rings.